The lowest BCUT2D eigenvalue weighted by Crippen LogP contribution is -2.22. The number of amides is 1. The fourth-order valence-electron chi connectivity index (χ4n) is 1.57. The van der Waals surface area contributed by atoms with Gasteiger partial charge in [0.2, 0.25) is 16.0 Å². The Kier molecular flexibility index (Phi) is 4.47. The Morgan fingerprint density at radius 1 is 1.29 bits per heavy atom. The molecule has 0 aliphatic rings. The highest BCUT2D eigenvalue weighted by Crippen LogP contribution is 2.29. The molecular weight excluding hydrogens is 336 g/mol. The number of sulfonamides is 1. The molecule has 2 N–H and O–H groups in total. The van der Waals surface area contributed by atoms with Gasteiger partial charge in [0.1, 0.15) is 4.90 Å². The minimum atomic E-state index is -4.03. The van der Waals surface area contributed by atoms with Crippen molar-refractivity contribution in [3.63, 3.8) is 0 Å². The van der Waals surface area contributed by atoms with Crippen LogP contribution in [0.2, 0.25) is 5.02 Å². The summed E-state index contributed by atoms with van der Waals surface area (Å²) in [5, 5.41) is 4.33. The van der Waals surface area contributed by atoms with Crippen LogP contribution >= 0.6 is 24.2 Å². The molecule has 0 saturated heterocycles. The van der Waals surface area contributed by atoms with Crippen LogP contribution in [0, 0.1) is 0 Å². The number of nitrogens with two attached hydrogens (primary N) is 1. The van der Waals surface area contributed by atoms with Gasteiger partial charge >= 0.3 is 0 Å². The van der Waals surface area contributed by atoms with Gasteiger partial charge in [-0.3, -0.25) is 4.79 Å². The lowest BCUT2D eigenvalue weighted by molar-refractivity contribution is 0.267. The van der Waals surface area contributed by atoms with Crippen LogP contribution in [0.15, 0.2) is 41.6 Å². The van der Waals surface area contributed by atoms with E-state index in [1.165, 1.54) is 24.5 Å². The second-order valence-corrected chi connectivity index (χ2v) is 6.15. The maximum atomic E-state index is 11.7. The van der Waals surface area contributed by atoms with Crippen LogP contribution in [0.3, 0.4) is 0 Å². The van der Waals surface area contributed by atoms with Gasteiger partial charge in [0.25, 0.3) is 5.24 Å². The average Bonchev–Trinajstić information content (AvgIpc) is 2.40. The predicted octanol–water partition coefficient (Wildman–Crippen LogP) is 1.97. The first kappa shape index (κ1) is 15.7. The first-order valence-electron chi connectivity index (χ1n) is 5.43. The summed E-state index contributed by atoms with van der Waals surface area (Å²) in [4.78, 5) is 20.2. The van der Waals surface area contributed by atoms with E-state index in [1.54, 1.807) is 6.07 Å². The van der Waals surface area contributed by atoms with Crippen molar-refractivity contribution in [3.8, 4) is 0 Å². The Hall–Kier alpha value is -1.68. The van der Waals surface area contributed by atoms with Crippen LogP contribution < -0.4 is 10.0 Å². The number of nitrogens with zero attached hydrogens (tertiary/aromatic N) is 3. The number of rotatable bonds is 3. The van der Waals surface area contributed by atoms with Crippen LogP contribution in [0.1, 0.15) is 0 Å². The number of aromatic nitrogens is 2. The van der Waals surface area contributed by atoms with Gasteiger partial charge < -0.3 is 0 Å². The van der Waals surface area contributed by atoms with Crippen molar-refractivity contribution in [2.75, 3.05) is 4.90 Å². The molecule has 0 fully saturated rings. The summed E-state index contributed by atoms with van der Waals surface area (Å²) in [6, 6.07) is 5.47. The summed E-state index contributed by atoms with van der Waals surface area (Å²) in [6.45, 7) is 0. The molecule has 0 saturated carbocycles. The summed E-state index contributed by atoms with van der Waals surface area (Å²) in [5.41, 5.74) is 0.176. The number of primary sulfonamides is 1. The van der Waals surface area contributed by atoms with Crippen LogP contribution in [0.25, 0.3) is 0 Å². The molecule has 110 valence electrons. The molecule has 0 aliphatic carbocycles. The van der Waals surface area contributed by atoms with Crippen molar-refractivity contribution in [2.45, 2.75) is 4.90 Å². The highest BCUT2D eigenvalue weighted by Gasteiger charge is 2.21. The fourth-order valence-corrected chi connectivity index (χ4v) is 2.84. The van der Waals surface area contributed by atoms with Crippen molar-refractivity contribution < 1.29 is 13.2 Å². The molecule has 1 heterocycles. The lowest BCUT2D eigenvalue weighted by Gasteiger charge is -2.18. The van der Waals surface area contributed by atoms with Crippen molar-refractivity contribution >= 4 is 51.1 Å². The molecule has 2 rings (SSSR count). The average molecular weight is 345 g/mol. The number of thiol groups is 1. The van der Waals surface area contributed by atoms with Crippen molar-refractivity contribution in [2.24, 2.45) is 5.14 Å². The maximum absolute atomic E-state index is 11.7. The molecule has 0 atom stereocenters. The van der Waals surface area contributed by atoms with Crippen LogP contribution in [0.5, 0.6) is 0 Å². The fraction of sp³-hybridized carbons (Fsp3) is 0. The third-order valence-electron chi connectivity index (χ3n) is 2.42. The molecule has 10 heteroatoms. The van der Waals surface area contributed by atoms with Gasteiger partial charge in [-0.2, -0.15) is 0 Å². The Balaban J connectivity index is 2.61. The monoisotopic (exact) mass is 344 g/mol. The summed E-state index contributed by atoms with van der Waals surface area (Å²) < 4.78 is 22.9. The quantitative estimate of drug-likeness (QED) is 0.828. The third-order valence-corrected chi connectivity index (χ3v) is 4.02. The van der Waals surface area contributed by atoms with Gasteiger partial charge in [-0.25, -0.2) is 28.4 Å². The minimum Gasteiger partial charge on any atom is -0.261 e. The zero-order valence-electron chi connectivity index (χ0n) is 10.3. The van der Waals surface area contributed by atoms with E-state index in [4.69, 9.17) is 16.7 Å². The number of carbonyl (C=O) groups excluding carboxylic acids is 1. The zero-order valence-corrected chi connectivity index (χ0v) is 12.8. The first-order chi connectivity index (χ1) is 9.80. The number of hydrogen-bond donors (Lipinski definition) is 2. The Morgan fingerprint density at radius 3 is 2.43 bits per heavy atom. The summed E-state index contributed by atoms with van der Waals surface area (Å²) in [5.74, 6) is 0.0418. The molecule has 0 spiro atoms. The van der Waals surface area contributed by atoms with E-state index in [0.717, 1.165) is 11.0 Å². The Labute approximate surface area is 131 Å². The van der Waals surface area contributed by atoms with Crippen LogP contribution in [-0.2, 0) is 10.0 Å². The number of benzene rings is 1. The van der Waals surface area contributed by atoms with Gasteiger partial charge in [0, 0.05) is 12.4 Å². The molecule has 1 aromatic carbocycles. The highest BCUT2D eigenvalue weighted by molar-refractivity contribution is 7.97. The smallest absolute Gasteiger partial charge is 0.261 e. The Bertz CT molecular complexity index is 783. The van der Waals surface area contributed by atoms with Crippen LogP contribution in [0.4, 0.5) is 16.4 Å². The molecule has 0 aliphatic heterocycles. The van der Waals surface area contributed by atoms with E-state index in [1.807, 2.05) is 0 Å². The molecule has 0 bridgehead atoms. The van der Waals surface area contributed by atoms with Gasteiger partial charge in [0.15, 0.2) is 0 Å². The summed E-state index contributed by atoms with van der Waals surface area (Å²) in [7, 11) is -4.03. The normalized spacial score (nSPS) is 11.2. The van der Waals surface area contributed by atoms with E-state index >= 15 is 0 Å². The standard InChI is InChI=1S/C11H9ClN4O3S2/c12-8-3-2-7(6-9(8)21(13,18)19)16(11(17)20)10-14-4-1-5-15-10/h1-6H,(H,17,20)(H2,13,18,19). The first-order valence-corrected chi connectivity index (χ1v) is 7.80. The van der Waals surface area contributed by atoms with Crippen LogP contribution in [-0.4, -0.2) is 23.6 Å². The molecule has 0 radical (unpaired) electrons. The molecule has 2 aromatic rings. The number of anilines is 2. The van der Waals surface area contributed by atoms with E-state index < -0.39 is 15.3 Å². The largest absolute Gasteiger partial charge is 0.289 e. The molecule has 0 unspecified atom stereocenters. The third kappa shape index (κ3) is 3.50. The van der Waals surface area contributed by atoms with Gasteiger partial charge in [-0.1, -0.05) is 24.2 Å². The number of carbonyl (C=O) groups is 1. The van der Waals surface area contributed by atoms with Gasteiger partial charge in [0.05, 0.1) is 10.7 Å². The molecule has 1 aromatic heterocycles. The van der Waals surface area contributed by atoms with E-state index in [-0.39, 0.29) is 21.6 Å². The van der Waals surface area contributed by atoms with Gasteiger partial charge in [-0.15, -0.1) is 0 Å². The van der Waals surface area contributed by atoms with Gasteiger partial charge in [-0.05, 0) is 24.3 Å². The summed E-state index contributed by atoms with van der Waals surface area (Å²) >= 11 is 9.54. The molecule has 7 nitrogen and oxygen atoms in total. The second kappa shape index (κ2) is 5.98. The van der Waals surface area contributed by atoms with E-state index in [9.17, 15) is 13.2 Å². The highest BCUT2D eigenvalue weighted by atomic mass is 35.5. The maximum Gasteiger partial charge on any atom is 0.289 e. The Morgan fingerprint density at radius 2 is 1.90 bits per heavy atom. The second-order valence-electron chi connectivity index (χ2n) is 3.83. The van der Waals surface area contributed by atoms with Crippen molar-refractivity contribution in [3.05, 3.63) is 41.7 Å². The molecule has 1 amide bonds. The van der Waals surface area contributed by atoms with E-state index in [2.05, 4.69) is 22.6 Å². The molecular formula is C11H9ClN4O3S2. The van der Waals surface area contributed by atoms with Crippen molar-refractivity contribution in [1.29, 1.82) is 0 Å². The van der Waals surface area contributed by atoms with E-state index in [0.29, 0.717) is 0 Å². The lowest BCUT2D eigenvalue weighted by atomic mass is 10.3. The zero-order chi connectivity index (χ0) is 15.6. The summed E-state index contributed by atoms with van der Waals surface area (Å²) in [6.07, 6.45) is 2.87. The topological polar surface area (TPSA) is 106 Å². The number of halogens is 1. The minimum absolute atomic E-state index is 0.0418. The predicted molar refractivity (Wildman–Crippen MR) is 81.4 cm³/mol. The SMILES string of the molecule is NS(=O)(=O)c1cc(N(C(=O)S)c2ncccn2)ccc1Cl. The molecule has 21 heavy (non-hydrogen) atoms. The van der Waals surface area contributed by atoms with Crippen molar-refractivity contribution in [1.82, 2.24) is 9.97 Å². The number of hydrogen-bond acceptors (Lipinski definition) is 5.